The van der Waals surface area contributed by atoms with Gasteiger partial charge in [-0.25, -0.2) is 4.98 Å². The van der Waals surface area contributed by atoms with E-state index in [9.17, 15) is 4.79 Å². The van der Waals surface area contributed by atoms with Crippen molar-refractivity contribution in [3.63, 3.8) is 0 Å². The highest BCUT2D eigenvalue weighted by atomic mass is 35.5. The van der Waals surface area contributed by atoms with Gasteiger partial charge < -0.3 is 5.32 Å². The summed E-state index contributed by atoms with van der Waals surface area (Å²) in [7, 11) is 0. The normalized spacial score (nSPS) is 12.3. The molecule has 2 aromatic rings. The molecule has 0 saturated heterocycles. The third-order valence-corrected chi connectivity index (χ3v) is 3.99. The average Bonchev–Trinajstić information content (AvgIpc) is 2.45. The Morgan fingerprint density at radius 1 is 1.45 bits per heavy atom. The number of hydrogen-bond acceptors (Lipinski definition) is 3. The van der Waals surface area contributed by atoms with E-state index in [0.29, 0.717) is 10.8 Å². The number of pyridine rings is 1. The lowest BCUT2D eigenvalue weighted by atomic mass is 10.1. The zero-order valence-corrected chi connectivity index (χ0v) is 13.1. The number of amides is 1. The van der Waals surface area contributed by atoms with Gasteiger partial charge in [0.1, 0.15) is 10.8 Å². The molecule has 3 nitrogen and oxygen atoms in total. The first kappa shape index (κ1) is 15.1. The largest absolute Gasteiger partial charge is 0.348 e. The number of nitrogens with zero attached hydrogens (tertiary/aromatic N) is 1. The van der Waals surface area contributed by atoms with Crippen molar-refractivity contribution in [1.82, 2.24) is 10.3 Å². The number of halogens is 1. The molecule has 1 aromatic carbocycles. The van der Waals surface area contributed by atoms with Gasteiger partial charge in [-0.1, -0.05) is 35.9 Å². The third kappa shape index (κ3) is 3.64. The molecule has 0 radical (unpaired) electrons. The van der Waals surface area contributed by atoms with Crippen LogP contribution in [0, 0.1) is 0 Å². The Balaban J connectivity index is 2.18. The number of carbonyl (C=O) groups excluding carboxylic acids is 1. The Morgan fingerprint density at radius 3 is 2.95 bits per heavy atom. The molecule has 0 bridgehead atoms. The number of hydrogen-bond donors (Lipinski definition) is 1. The summed E-state index contributed by atoms with van der Waals surface area (Å²) in [6.07, 6.45) is 2.99. The van der Waals surface area contributed by atoms with Gasteiger partial charge >= 0.3 is 0 Å². The maximum Gasteiger partial charge on any atom is 0.270 e. The zero-order valence-electron chi connectivity index (χ0n) is 11.5. The Kier molecular flexibility index (Phi) is 5.26. The number of benzene rings is 1. The molecular formula is C15H17ClN2OS. The number of carbonyl (C=O) groups is 1. The van der Waals surface area contributed by atoms with Crippen LogP contribution in [-0.2, 0) is 0 Å². The van der Waals surface area contributed by atoms with Gasteiger partial charge in [0, 0.05) is 11.4 Å². The maximum atomic E-state index is 12.2. The summed E-state index contributed by atoms with van der Waals surface area (Å²) >= 11 is 7.90. The van der Waals surface area contributed by atoms with Crippen molar-refractivity contribution in [3.8, 4) is 0 Å². The van der Waals surface area contributed by atoms with Crippen LogP contribution in [0.15, 0.2) is 30.3 Å². The lowest BCUT2D eigenvalue weighted by Crippen LogP contribution is -2.33. The van der Waals surface area contributed by atoms with Gasteiger partial charge in [0.05, 0.1) is 0 Å². The van der Waals surface area contributed by atoms with E-state index in [-0.39, 0.29) is 11.9 Å². The monoisotopic (exact) mass is 308 g/mol. The van der Waals surface area contributed by atoms with Crippen LogP contribution in [0.2, 0.25) is 5.15 Å². The number of thioether (sulfide) groups is 1. The van der Waals surface area contributed by atoms with E-state index in [1.54, 1.807) is 17.8 Å². The average molecular weight is 309 g/mol. The molecule has 0 fully saturated rings. The Hall–Kier alpha value is -1.26. The van der Waals surface area contributed by atoms with Gasteiger partial charge in [0.2, 0.25) is 0 Å². The molecule has 2 rings (SSSR count). The lowest BCUT2D eigenvalue weighted by molar-refractivity contribution is 0.0934. The molecule has 1 aromatic heterocycles. The predicted molar refractivity (Wildman–Crippen MR) is 86.7 cm³/mol. The minimum absolute atomic E-state index is 0.127. The molecular weight excluding hydrogens is 292 g/mol. The fourth-order valence-corrected chi connectivity index (χ4v) is 2.79. The standard InChI is InChI=1S/C15H17ClN2OS/c1-10(7-8-20-2)17-15(19)13-9-11-5-3-4-6-12(11)14(16)18-13/h3-6,9-10H,7-8H2,1-2H3,(H,17,19). The highest BCUT2D eigenvalue weighted by Crippen LogP contribution is 2.22. The van der Waals surface area contributed by atoms with Gasteiger partial charge in [-0.15, -0.1) is 0 Å². The molecule has 1 amide bonds. The van der Waals surface area contributed by atoms with Crippen molar-refractivity contribution in [3.05, 3.63) is 41.2 Å². The third-order valence-electron chi connectivity index (χ3n) is 3.06. The second-order valence-corrected chi connectivity index (χ2v) is 6.02. The maximum absolute atomic E-state index is 12.2. The minimum Gasteiger partial charge on any atom is -0.348 e. The van der Waals surface area contributed by atoms with Crippen LogP contribution in [0.4, 0.5) is 0 Å². The van der Waals surface area contributed by atoms with Crippen LogP contribution in [0.5, 0.6) is 0 Å². The molecule has 1 unspecified atom stereocenters. The fourth-order valence-electron chi connectivity index (χ4n) is 1.94. The van der Waals surface area contributed by atoms with E-state index in [2.05, 4.69) is 16.6 Å². The van der Waals surface area contributed by atoms with Crippen LogP contribution in [0.3, 0.4) is 0 Å². The smallest absolute Gasteiger partial charge is 0.270 e. The van der Waals surface area contributed by atoms with Gasteiger partial charge in [-0.2, -0.15) is 11.8 Å². The van der Waals surface area contributed by atoms with E-state index in [4.69, 9.17) is 11.6 Å². The first-order valence-corrected chi connectivity index (χ1v) is 8.24. The van der Waals surface area contributed by atoms with Crippen LogP contribution in [0.25, 0.3) is 10.8 Å². The predicted octanol–water partition coefficient (Wildman–Crippen LogP) is 3.76. The highest BCUT2D eigenvalue weighted by Gasteiger charge is 2.13. The van der Waals surface area contributed by atoms with E-state index in [1.165, 1.54) is 0 Å². The van der Waals surface area contributed by atoms with E-state index < -0.39 is 0 Å². The number of fused-ring (bicyclic) bond motifs is 1. The number of aromatic nitrogens is 1. The van der Waals surface area contributed by atoms with Gasteiger partial charge in [0.25, 0.3) is 5.91 Å². The molecule has 0 aliphatic carbocycles. The van der Waals surface area contributed by atoms with E-state index >= 15 is 0 Å². The van der Waals surface area contributed by atoms with Crippen molar-refractivity contribution < 1.29 is 4.79 Å². The van der Waals surface area contributed by atoms with Crippen molar-refractivity contribution in [1.29, 1.82) is 0 Å². The van der Waals surface area contributed by atoms with Crippen LogP contribution in [-0.4, -0.2) is 28.9 Å². The topological polar surface area (TPSA) is 42.0 Å². The molecule has 0 saturated carbocycles. The van der Waals surface area contributed by atoms with Crippen LogP contribution < -0.4 is 5.32 Å². The van der Waals surface area contributed by atoms with Crippen LogP contribution in [0.1, 0.15) is 23.8 Å². The molecule has 1 atom stereocenters. The summed E-state index contributed by atoms with van der Waals surface area (Å²) in [5, 5.41) is 5.10. The SMILES string of the molecule is CSCCC(C)NC(=O)c1cc2ccccc2c(Cl)n1. The molecule has 20 heavy (non-hydrogen) atoms. The highest BCUT2D eigenvalue weighted by molar-refractivity contribution is 7.98. The van der Waals surface area contributed by atoms with E-state index in [0.717, 1.165) is 22.9 Å². The molecule has 1 heterocycles. The Labute approximate surface area is 128 Å². The number of nitrogens with one attached hydrogen (secondary N) is 1. The molecule has 5 heteroatoms. The number of rotatable bonds is 5. The Bertz CT molecular complexity index is 618. The van der Waals surface area contributed by atoms with Crippen molar-refractivity contribution in [2.45, 2.75) is 19.4 Å². The summed E-state index contributed by atoms with van der Waals surface area (Å²) in [6, 6.07) is 9.55. The molecule has 0 aliphatic rings. The van der Waals surface area contributed by atoms with Gasteiger partial charge in [-0.05, 0) is 36.8 Å². The lowest BCUT2D eigenvalue weighted by Gasteiger charge is -2.13. The first-order valence-electron chi connectivity index (χ1n) is 6.47. The fraction of sp³-hybridized carbons (Fsp3) is 0.333. The summed E-state index contributed by atoms with van der Waals surface area (Å²) in [4.78, 5) is 16.4. The van der Waals surface area contributed by atoms with Crippen LogP contribution >= 0.6 is 23.4 Å². The van der Waals surface area contributed by atoms with E-state index in [1.807, 2.05) is 31.2 Å². The zero-order chi connectivity index (χ0) is 14.5. The molecule has 0 spiro atoms. The second-order valence-electron chi connectivity index (χ2n) is 4.68. The molecule has 106 valence electrons. The quantitative estimate of drug-likeness (QED) is 0.855. The minimum atomic E-state index is -0.175. The summed E-state index contributed by atoms with van der Waals surface area (Å²) in [6.45, 7) is 2.00. The summed E-state index contributed by atoms with van der Waals surface area (Å²) in [5.41, 5.74) is 0.365. The van der Waals surface area contributed by atoms with Crippen molar-refractivity contribution in [2.75, 3.05) is 12.0 Å². The molecule has 0 aliphatic heterocycles. The van der Waals surface area contributed by atoms with Crippen molar-refractivity contribution >= 4 is 40.0 Å². The Morgan fingerprint density at radius 2 is 2.20 bits per heavy atom. The van der Waals surface area contributed by atoms with Gasteiger partial charge in [0.15, 0.2) is 0 Å². The van der Waals surface area contributed by atoms with Crippen molar-refractivity contribution in [2.24, 2.45) is 0 Å². The second kappa shape index (κ2) is 6.95. The summed E-state index contributed by atoms with van der Waals surface area (Å²) < 4.78 is 0. The summed E-state index contributed by atoms with van der Waals surface area (Å²) in [5.74, 6) is 0.846. The molecule has 1 N–H and O–H groups in total. The van der Waals surface area contributed by atoms with Gasteiger partial charge in [-0.3, -0.25) is 4.79 Å². The first-order chi connectivity index (χ1) is 9.61.